The number of halogens is 2. The summed E-state index contributed by atoms with van der Waals surface area (Å²) < 4.78 is 31.9. The minimum absolute atomic E-state index is 0.513. The van der Waals surface area contributed by atoms with Gasteiger partial charge in [0.05, 0.1) is 6.54 Å². The number of aliphatic hydroxyl groups excluding tert-OH is 1. The number of piperidine rings is 1. The summed E-state index contributed by atoms with van der Waals surface area (Å²) in [5.74, 6) is -7.00. The number of carbonyl (C=O) groups is 2. The van der Waals surface area contributed by atoms with Gasteiger partial charge in [-0.1, -0.05) is 0 Å². The first-order valence-corrected chi connectivity index (χ1v) is 5.70. The van der Waals surface area contributed by atoms with Gasteiger partial charge in [0, 0.05) is 6.54 Å². The number of carboxylic acids is 1. The van der Waals surface area contributed by atoms with E-state index in [-0.39, 0.29) is 0 Å². The third kappa shape index (κ3) is 3.76. The topological polar surface area (TPSA) is 87.1 Å². The normalized spacial score (nSPS) is 26.9. The van der Waals surface area contributed by atoms with Crippen LogP contribution in [-0.2, 0) is 9.53 Å². The van der Waals surface area contributed by atoms with Crippen LogP contribution in [0.2, 0.25) is 0 Å². The van der Waals surface area contributed by atoms with Crippen molar-refractivity contribution < 1.29 is 33.3 Å². The number of amides is 1. The number of hydrogen-bond acceptors (Lipinski definition) is 4. The van der Waals surface area contributed by atoms with Crippen molar-refractivity contribution in [1.82, 2.24) is 4.90 Å². The van der Waals surface area contributed by atoms with E-state index >= 15 is 0 Å². The predicted molar refractivity (Wildman–Crippen MR) is 59.9 cm³/mol. The standard InChI is InChI=1S/C11H17F2NO5/c1-10(2,3)19-9(18)14-4-6(8(16)17)7(15)11(12,13)5-14/h6-7,15H,4-5H2,1-3H3,(H,16,17). The number of likely N-dealkylation sites (tertiary alicyclic amines) is 1. The van der Waals surface area contributed by atoms with E-state index in [1.54, 1.807) is 20.8 Å². The molecule has 1 amide bonds. The van der Waals surface area contributed by atoms with Crippen molar-refractivity contribution in [1.29, 1.82) is 0 Å². The van der Waals surface area contributed by atoms with Crippen LogP contribution in [0.25, 0.3) is 0 Å². The molecule has 1 saturated heterocycles. The van der Waals surface area contributed by atoms with Crippen molar-refractivity contribution in [2.75, 3.05) is 13.1 Å². The Balaban J connectivity index is 2.87. The summed E-state index contributed by atoms with van der Waals surface area (Å²) in [6, 6.07) is 0. The van der Waals surface area contributed by atoms with Crippen LogP contribution in [0.3, 0.4) is 0 Å². The second-order valence-corrected chi connectivity index (χ2v) is 5.51. The summed E-state index contributed by atoms with van der Waals surface area (Å²) in [6.07, 6.45) is -3.34. The van der Waals surface area contributed by atoms with Crippen molar-refractivity contribution in [3.63, 3.8) is 0 Å². The van der Waals surface area contributed by atoms with E-state index in [2.05, 4.69) is 0 Å². The molecule has 0 aromatic heterocycles. The molecule has 0 spiro atoms. The van der Waals surface area contributed by atoms with Crippen LogP contribution in [0.4, 0.5) is 13.6 Å². The molecule has 0 aromatic carbocycles. The molecule has 0 bridgehead atoms. The molecule has 110 valence electrons. The molecule has 2 atom stereocenters. The van der Waals surface area contributed by atoms with Gasteiger partial charge in [0.2, 0.25) is 0 Å². The van der Waals surface area contributed by atoms with Crippen LogP contribution in [-0.4, -0.2) is 57.9 Å². The quantitative estimate of drug-likeness (QED) is 0.746. The first kappa shape index (κ1) is 15.6. The molecule has 2 N–H and O–H groups in total. The number of aliphatic carboxylic acids is 1. The second-order valence-electron chi connectivity index (χ2n) is 5.51. The van der Waals surface area contributed by atoms with Crippen LogP contribution >= 0.6 is 0 Å². The van der Waals surface area contributed by atoms with Gasteiger partial charge in [-0.05, 0) is 20.8 Å². The Morgan fingerprint density at radius 1 is 1.37 bits per heavy atom. The lowest BCUT2D eigenvalue weighted by Crippen LogP contribution is -2.60. The van der Waals surface area contributed by atoms with Crippen LogP contribution in [0.5, 0.6) is 0 Å². The smallest absolute Gasteiger partial charge is 0.410 e. The van der Waals surface area contributed by atoms with E-state index < -0.39 is 48.7 Å². The first-order chi connectivity index (χ1) is 8.44. The lowest BCUT2D eigenvalue weighted by molar-refractivity contribution is -0.187. The van der Waals surface area contributed by atoms with E-state index in [1.807, 2.05) is 0 Å². The second kappa shape index (κ2) is 4.92. The number of hydrogen-bond donors (Lipinski definition) is 2. The van der Waals surface area contributed by atoms with Crippen molar-refractivity contribution in [3.05, 3.63) is 0 Å². The van der Waals surface area contributed by atoms with Gasteiger partial charge in [-0.25, -0.2) is 13.6 Å². The molecule has 8 heteroatoms. The predicted octanol–water partition coefficient (Wildman–Crippen LogP) is 0.934. The highest BCUT2D eigenvalue weighted by molar-refractivity contribution is 5.74. The highest BCUT2D eigenvalue weighted by atomic mass is 19.3. The Morgan fingerprint density at radius 2 is 1.89 bits per heavy atom. The number of carbonyl (C=O) groups excluding carboxylic acids is 1. The van der Waals surface area contributed by atoms with Crippen molar-refractivity contribution in [2.45, 2.75) is 38.4 Å². The Morgan fingerprint density at radius 3 is 2.32 bits per heavy atom. The van der Waals surface area contributed by atoms with Crippen molar-refractivity contribution >= 4 is 12.1 Å². The minimum Gasteiger partial charge on any atom is -0.481 e. The Labute approximate surface area is 108 Å². The average Bonchev–Trinajstić information content (AvgIpc) is 2.18. The summed E-state index contributed by atoms with van der Waals surface area (Å²) in [5, 5.41) is 18.1. The zero-order valence-corrected chi connectivity index (χ0v) is 10.9. The number of aliphatic hydroxyl groups is 1. The molecular weight excluding hydrogens is 264 g/mol. The summed E-state index contributed by atoms with van der Waals surface area (Å²) in [7, 11) is 0. The molecule has 1 aliphatic rings. The molecule has 1 fully saturated rings. The molecular formula is C11H17F2NO5. The zero-order chi connectivity index (χ0) is 15.0. The Kier molecular flexibility index (Phi) is 4.04. The fourth-order valence-electron chi connectivity index (χ4n) is 1.72. The van der Waals surface area contributed by atoms with Crippen molar-refractivity contribution in [2.24, 2.45) is 5.92 Å². The number of rotatable bonds is 1. The minimum atomic E-state index is -3.68. The fraction of sp³-hybridized carbons (Fsp3) is 0.818. The summed E-state index contributed by atoms with van der Waals surface area (Å²) in [4.78, 5) is 23.1. The lowest BCUT2D eigenvalue weighted by atomic mass is 9.92. The Hall–Kier alpha value is -1.44. The van der Waals surface area contributed by atoms with E-state index in [4.69, 9.17) is 9.84 Å². The maximum absolute atomic E-state index is 13.5. The van der Waals surface area contributed by atoms with Crippen LogP contribution in [0.1, 0.15) is 20.8 Å². The molecule has 1 aliphatic heterocycles. The average molecular weight is 281 g/mol. The number of nitrogens with zero attached hydrogens (tertiary/aromatic N) is 1. The number of alkyl halides is 2. The van der Waals surface area contributed by atoms with E-state index in [9.17, 15) is 23.5 Å². The monoisotopic (exact) mass is 281 g/mol. The van der Waals surface area contributed by atoms with Gasteiger partial charge in [-0.2, -0.15) is 0 Å². The summed E-state index contributed by atoms with van der Waals surface area (Å²) >= 11 is 0. The van der Waals surface area contributed by atoms with Gasteiger partial charge in [-0.15, -0.1) is 0 Å². The summed E-state index contributed by atoms with van der Waals surface area (Å²) in [5.41, 5.74) is -0.874. The van der Waals surface area contributed by atoms with Gasteiger partial charge >= 0.3 is 12.1 Å². The van der Waals surface area contributed by atoms with Crippen LogP contribution < -0.4 is 0 Å². The third-order valence-corrected chi connectivity index (χ3v) is 2.60. The largest absolute Gasteiger partial charge is 0.481 e. The maximum Gasteiger partial charge on any atom is 0.410 e. The van der Waals surface area contributed by atoms with Gasteiger partial charge < -0.3 is 19.8 Å². The molecule has 0 aromatic rings. The molecule has 1 rings (SSSR count). The number of carboxylic acid groups (broad SMARTS) is 1. The molecule has 6 nitrogen and oxygen atoms in total. The summed E-state index contributed by atoms with van der Waals surface area (Å²) in [6.45, 7) is 3.12. The van der Waals surface area contributed by atoms with E-state index in [0.29, 0.717) is 4.90 Å². The van der Waals surface area contributed by atoms with E-state index in [0.717, 1.165) is 0 Å². The fourth-order valence-corrected chi connectivity index (χ4v) is 1.72. The first-order valence-electron chi connectivity index (χ1n) is 5.70. The molecule has 2 unspecified atom stereocenters. The SMILES string of the molecule is CC(C)(C)OC(=O)N1CC(C(=O)O)C(O)C(F)(F)C1. The number of ether oxygens (including phenoxy) is 1. The lowest BCUT2D eigenvalue weighted by Gasteiger charge is -2.39. The highest BCUT2D eigenvalue weighted by Crippen LogP contribution is 2.32. The molecule has 0 saturated carbocycles. The van der Waals surface area contributed by atoms with Crippen molar-refractivity contribution in [3.8, 4) is 0 Å². The highest BCUT2D eigenvalue weighted by Gasteiger charge is 2.53. The van der Waals surface area contributed by atoms with Gasteiger partial charge in [0.25, 0.3) is 5.92 Å². The molecule has 19 heavy (non-hydrogen) atoms. The van der Waals surface area contributed by atoms with Crippen LogP contribution in [0.15, 0.2) is 0 Å². The Bertz CT molecular complexity index is 380. The van der Waals surface area contributed by atoms with Gasteiger partial charge in [0.15, 0.2) is 0 Å². The van der Waals surface area contributed by atoms with Crippen LogP contribution in [0, 0.1) is 5.92 Å². The molecule has 1 heterocycles. The molecule has 0 radical (unpaired) electrons. The van der Waals surface area contributed by atoms with Gasteiger partial charge in [0.1, 0.15) is 17.6 Å². The van der Waals surface area contributed by atoms with E-state index in [1.165, 1.54) is 0 Å². The zero-order valence-electron chi connectivity index (χ0n) is 10.9. The third-order valence-electron chi connectivity index (χ3n) is 2.60. The maximum atomic E-state index is 13.5. The van der Waals surface area contributed by atoms with Gasteiger partial charge in [-0.3, -0.25) is 4.79 Å². The molecule has 0 aliphatic carbocycles.